The van der Waals surface area contributed by atoms with Gasteiger partial charge in [0.15, 0.2) is 0 Å². The molecule has 0 saturated carbocycles. The number of carbonyl (C=O) groups is 1. The predicted octanol–water partition coefficient (Wildman–Crippen LogP) is -0.357. The molecule has 0 saturated heterocycles. The highest BCUT2D eigenvalue weighted by Crippen LogP contribution is 2.19. The molecule has 7 heteroatoms. The first-order chi connectivity index (χ1) is 8.10. The maximum Gasteiger partial charge on any atom is 0.239 e. The lowest BCUT2D eigenvalue weighted by atomic mass is 10.3. The van der Waals surface area contributed by atoms with Gasteiger partial charge in [-0.25, -0.2) is 15.8 Å². The Bertz CT molecular complexity index is 394. The Morgan fingerprint density at radius 2 is 2.24 bits per heavy atom. The highest BCUT2D eigenvalue weighted by molar-refractivity contribution is 5.81. The summed E-state index contributed by atoms with van der Waals surface area (Å²) in [4.78, 5) is 21.3. The van der Waals surface area contributed by atoms with Crippen molar-refractivity contribution in [3.63, 3.8) is 0 Å². The van der Waals surface area contributed by atoms with Crippen molar-refractivity contribution in [3.8, 4) is 0 Å². The Labute approximate surface area is 100 Å². The van der Waals surface area contributed by atoms with Gasteiger partial charge in [-0.1, -0.05) is 0 Å². The number of anilines is 2. The van der Waals surface area contributed by atoms with Crippen LogP contribution in [0, 0.1) is 6.92 Å². The molecule has 4 N–H and O–H groups in total. The van der Waals surface area contributed by atoms with Gasteiger partial charge in [0.1, 0.15) is 18.0 Å². The minimum atomic E-state index is -0.0460. The van der Waals surface area contributed by atoms with Crippen LogP contribution in [0.1, 0.15) is 12.5 Å². The molecule has 0 spiro atoms. The van der Waals surface area contributed by atoms with Crippen LogP contribution < -0.4 is 21.5 Å². The second-order valence-corrected chi connectivity index (χ2v) is 3.62. The van der Waals surface area contributed by atoms with E-state index in [-0.39, 0.29) is 12.5 Å². The van der Waals surface area contributed by atoms with Gasteiger partial charge >= 0.3 is 0 Å². The summed E-state index contributed by atoms with van der Waals surface area (Å²) in [5, 5.41) is 2.73. The second-order valence-electron chi connectivity index (χ2n) is 3.62. The third-order valence-electron chi connectivity index (χ3n) is 2.31. The summed E-state index contributed by atoms with van der Waals surface area (Å²) in [5.41, 5.74) is 3.30. The SMILES string of the molecule is CCNC(=O)CN(C)c1ncnc(NN)c1C. The number of amides is 1. The molecule has 0 radical (unpaired) electrons. The molecule has 7 nitrogen and oxygen atoms in total. The van der Waals surface area contributed by atoms with E-state index in [9.17, 15) is 4.79 Å². The summed E-state index contributed by atoms with van der Waals surface area (Å²) in [6.45, 7) is 4.59. The second kappa shape index (κ2) is 6.00. The fraction of sp³-hybridized carbons (Fsp3) is 0.500. The molecule has 0 atom stereocenters. The van der Waals surface area contributed by atoms with E-state index in [0.717, 1.165) is 5.56 Å². The summed E-state index contributed by atoms with van der Waals surface area (Å²) in [7, 11) is 1.80. The number of nitrogen functional groups attached to an aromatic ring is 1. The Morgan fingerprint density at radius 1 is 1.53 bits per heavy atom. The Kier molecular flexibility index (Phi) is 4.65. The zero-order chi connectivity index (χ0) is 12.8. The fourth-order valence-electron chi connectivity index (χ4n) is 1.51. The third kappa shape index (κ3) is 3.28. The third-order valence-corrected chi connectivity index (χ3v) is 2.31. The number of nitrogens with zero attached hydrogens (tertiary/aromatic N) is 3. The molecule has 1 aromatic rings. The van der Waals surface area contributed by atoms with E-state index in [2.05, 4.69) is 20.7 Å². The van der Waals surface area contributed by atoms with Gasteiger partial charge in [-0.3, -0.25) is 4.79 Å². The van der Waals surface area contributed by atoms with Gasteiger partial charge in [-0.05, 0) is 13.8 Å². The smallest absolute Gasteiger partial charge is 0.239 e. The number of aromatic nitrogens is 2. The van der Waals surface area contributed by atoms with E-state index in [0.29, 0.717) is 18.2 Å². The van der Waals surface area contributed by atoms with Crippen molar-refractivity contribution in [3.05, 3.63) is 11.9 Å². The van der Waals surface area contributed by atoms with Crippen LogP contribution in [-0.4, -0.2) is 36.0 Å². The van der Waals surface area contributed by atoms with Crippen LogP contribution in [0.3, 0.4) is 0 Å². The summed E-state index contributed by atoms with van der Waals surface area (Å²) >= 11 is 0. The molecule has 0 aromatic carbocycles. The van der Waals surface area contributed by atoms with Gasteiger partial charge in [-0.15, -0.1) is 0 Å². The van der Waals surface area contributed by atoms with Gasteiger partial charge in [0.2, 0.25) is 5.91 Å². The number of nitrogens with one attached hydrogen (secondary N) is 2. The van der Waals surface area contributed by atoms with Gasteiger partial charge in [0.05, 0.1) is 6.54 Å². The van der Waals surface area contributed by atoms with E-state index in [1.54, 1.807) is 11.9 Å². The first-order valence-corrected chi connectivity index (χ1v) is 5.36. The number of rotatable bonds is 5. The largest absolute Gasteiger partial charge is 0.355 e. The highest BCUT2D eigenvalue weighted by atomic mass is 16.2. The Hall–Kier alpha value is -1.89. The maximum absolute atomic E-state index is 11.5. The van der Waals surface area contributed by atoms with Gasteiger partial charge < -0.3 is 15.6 Å². The first-order valence-electron chi connectivity index (χ1n) is 5.36. The summed E-state index contributed by atoms with van der Waals surface area (Å²) < 4.78 is 0. The van der Waals surface area contributed by atoms with Crippen molar-refractivity contribution < 1.29 is 4.79 Å². The predicted molar refractivity (Wildman–Crippen MR) is 66.5 cm³/mol. The molecule has 1 amide bonds. The van der Waals surface area contributed by atoms with Crippen LogP contribution in [0.5, 0.6) is 0 Å². The van der Waals surface area contributed by atoms with Crippen molar-refractivity contribution in [1.29, 1.82) is 0 Å². The van der Waals surface area contributed by atoms with E-state index in [1.807, 2.05) is 13.8 Å². The summed E-state index contributed by atoms with van der Waals surface area (Å²) in [6, 6.07) is 0. The van der Waals surface area contributed by atoms with Crippen molar-refractivity contribution in [1.82, 2.24) is 15.3 Å². The minimum Gasteiger partial charge on any atom is -0.355 e. The van der Waals surface area contributed by atoms with Crippen LogP contribution in [0.4, 0.5) is 11.6 Å². The Balaban J connectivity index is 2.81. The summed E-state index contributed by atoms with van der Waals surface area (Å²) in [6.07, 6.45) is 1.41. The maximum atomic E-state index is 11.5. The zero-order valence-electron chi connectivity index (χ0n) is 10.3. The highest BCUT2D eigenvalue weighted by Gasteiger charge is 2.12. The van der Waals surface area contributed by atoms with Crippen molar-refractivity contribution in [2.75, 3.05) is 30.5 Å². The van der Waals surface area contributed by atoms with Crippen LogP contribution in [0.15, 0.2) is 6.33 Å². The number of carbonyl (C=O) groups excluding carboxylic acids is 1. The van der Waals surface area contributed by atoms with Crippen LogP contribution in [0.2, 0.25) is 0 Å². The van der Waals surface area contributed by atoms with Crippen molar-refractivity contribution in [2.45, 2.75) is 13.8 Å². The average Bonchev–Trinajstić information content (AvgIpc) is 2.29. The molecule has 0 aliphatic carbocycles. The van der Waals surface area contributed by atoms with E-state index < -0.39 is 0 Å². The first kappa shape index (κ1) is 13.2. The van der Waals surface area contributed by atoms with Gasteiger partial charge in [0.25, 0.3) is 0 Å². The molecule has 94 valence electrons. The van der Waals surface area contributed by atoms with Gasteiger partial charge in [-0.2, -0.15) is 0 Å². The standard InChI is InChI=1S/C10H18N6O/c1-4-12-8(17)5-16(3)10-7(2)9(15-11)13-6-14-10/h6H,4-5,11H2,1-3H3,(H,12,17)(H,13,14,15). The number of nitrogens with two attached hydrogens (primary N) is 1. The Morgan fingerprint density at radius 3 is 2.82 bits per heavy atom. The molecule has 0 fully saturated rings. The number of hydrogen-bond acceptors (Lipinski definition) is 6. The molecular formula is C10H18N6O. The number of likely N-dealkylation sites (N-methyl/N-ethyl adjacent to an activating group) is 2. The van der Waals surface area contributed by atoms with Crippen LogP contribution in [0.25, 0.3) is 0 Å². The quantitative estimate of drug-likeness (QED) is 0.479. The van der Waals surface area contributed by atoms with Crippen molar-refractivity contribution >= 4 is 17.5 Å². The number of hydrazine groups is 1. The molecule has 0 unspecified atom stereocenters. The molecule has 17 heavy (non-hydrogen) atoms. The number of hydrogen-bond donors (Lipinski definition) is 3. The monoisotopic (exact) mass is 238 g/mol. The summed E-state index contributed by atoms with van der Waals surface area (Å²) in [5.74, 6) is 6.52. The molecular weight excluding hydrogens is 220 g/mol. The van der Waals surface area contributed by atoms with Crippen molar-refractivity contribution in [2.24, 2.45) is 5.84 Å². The molecule has 1 heterocycles. The van der Waals surface area contributed by atoms with E-state index in [4.69, 9.17) is 5.84 Å². The van der Waals surface area contributed by atoms with Gasteiger partial charge in [0, 0.05) is 19.2 Å². The molecule has 0 bridgehead atoms. The molecule has 0 aliphatic rings. The average molecular weight is 238 g/mol. The lowest BCUT2D eigenvalue weighted by Crippen LogP contribution is -2.35. The molecule has 1 aromatic heterocycles. The molecule has 0 aliphatic heterocycles. The minimum absolute atomic E-state index is 0.0460. The normalized spacial score (nSPS) is 9.88. The van der Waals surface area contributed by atoms with E-state index in [1.165, 1.54) is 6.33 Å². The van der Waals surface area contributed by atoms with Crippen LogP contribution in [-0.2, 0) is 4.79 Å². The zero-order valence-corrected chi connectivity index (χ0v) is 10.3. The topological polar surface area (TPSA) is 96.2 Å². The van der Waals surface area contributed by atoms with Crippen LogP contribution >= 0.6 is 0 Å². The lowest BCUT2D eigenvalue weighted by Gasteiger charge is -2.20. The fourth-order valence-corrected chi connectivity index (χ4v) is 1.51. The molecule has 1 rings (SSSR count). The lowest BCUT2D eigenvalue weighted by molar-refractivity contribution is -0.119. The van der Waals surface area contributed by atoms with E-state index >= 15 is 0 Å².